The van der Waals surface area contributed by atoms with Gasteiger partial charge in [-0.15, -0.1) is 11.3 Å². The van der Waals surface area contributed by atoms with E-state index in [1.807, 2.05) is 23.1 Å². The predicted octanol–water partition coefficient (Wildman–Crippen LogP) is 4.69. The lowest BCUT2D eigenvalue weighted by Gasteiger charge is -2.29. The van der Waals surface area contributed by atoms with Gasteiger partial charge in [-0.1, -0.05) is 19.1 Å². The van der Waals surface area contributed by atoms with Gasteiger partial charge in [-0.2, -0.15) is 4.31 Å². The predicted molar refractivity (Wildman–Crippen MR) is 126 cm³/mol. The summed E-state index contributed by atoms with van der Waals surface area (Å²) < 4.78 is 28.6. The van der Waals surface area contributed by atoms with Gasteiger partial charge in [0.15, 0.2) is 0 Å². The molecule has 2 aliphatic heterocycles. The van der Waals surface area contributed by atoms with E-state index >= 15 is 0 Å². The highest BCUT2D eigenvalue weighted by Crippen LogP contribution is 2.37. The Balaban J connectivity index is 1.35. The minimum absolute atomic E-state index is 0.0290. The Morgan fingerprint density at radius 2 is 1.72 bits per heavy atom. The zero-order valence-corrected chi connectivity index (χ0v) is 19.7. The highest BCUT2D eigenvalue weighted by atomic mass is 32.2. The van der Waals surface area contributed by atoms with Crippen LogP contribution < -0.4 is 0 Å². The quantitative estimate of drug-likeness (QED) is 0.556. The van der Waals surface area contributed by atoms with Crippen molar-refractivity contribution in [3.63, 3.8) is 0 Å². The van der Waals surface area contributed by atoms with Gasteiger partial charge >= 0.3 is 0 Å². The monoisotopic (exact) mass is 469 g/mol. The minimum Gasteiger partial charge on any atom is -0.329 e. The first-order valence-electron chi connectivity index (χ1n) is 11.2. The van der Waals surface area contributed by atoms with Crippen LogP contribution in [-0.2, 0) is 10.0 Å². The summed E-state index contributed by atoms with van der Waals surface area (Å²) in [5.41, 5.74) is 1.48. The molecule has 1 unspecified atom stereocenters. The molecule has 0 aliphatic carbocycles. The summed E-state index contributed by atoms with van der Waals surface area (Å²) in [6.45, 7) is 3.96. The molecule has 0 bridgehead atoms. The van der Waals surface area contributed by atoms with Gasteiger partial charge in [0.1, 0.15) is 5.01 Å². The number of benzene rings is 2. The number of carbonyl (C=O) groups excluding carboxylic acids is 1. The number of hydrogen-bond donors (Lipinski definition) is 0. The molecule has 1 amide bonds. The van der Waals surface area contributed by atoms with Gasteiger partial charge in [-0.05, 0) is 68.0 Å². The molecular weight excluding hydrogens is 442 g/mol. The number of carbonyl (C=O) groups is 1. The van der Waals surface area contributed by atoms with Crippen LogP contribution in [0.2, 0.25) is 0 Å². The molecule has 5 rings (SSSR count). The van der Waals surface area contributed by atoms with Gasteiger partial charge in [-0.3, -0.25) is 4.79 Å². The summed E-state index contributed by atoms with van der Waals surface area (Å²) in [6.07, 6.45) is 3.60. The van der Waals surface area contributed by atoms with Crippen LogP contribution >= 0.6 is 11.3 Å². The fourth-order valence-electron chi connectivity index (χ4n) is 4.61. The molecule has 3 aromatic rings. The minimum atomic E-state index is -3.52. The van der Waals surface area contributed by atoms with E-state index in [4.69, 9.17) is 4.98 Å². The molecule has 3 heterocycles. The topological polar surface area (TPSA) is 70.6 Å². The van der Waals surface area contributed by atoms with Crippen molar-refractivity contribution in [2.45, 2.75) is 43.5 Å². The van der Waals surface area contributed by atoms with E-state index < -0.39 is 10.0 Å². The number of likely N-dealkylation sites (tertiary alicyclic amines) is 1. The summed E-state index contributed by atoms with van der Waals surface area (Å²) in [4.78, 5) is 20.2. The Hall–Kier alpha value is -2.29. The van der Waals surface area contributed by atoms with Gasteiger partial charge in [0, 0.05) is 25.2 Å². The molecular formula is C24H27N3O3S2. The number of piperidine rings is 1. The molecule has 168 valence electrons. The number of fused-ring (bicyclic) bond motifs is 1. The van der Waals surface area contributed by atoms with Crippen molar-refractivity contribution in [2.75, 3.05) is 19.6 Å². The Morgan fingerprint density at radius 1 is 1.00 bits per heavy atom. The van der Waals surface area contributed by atoms with Crippen molar-refractivity contribution < 1.29 is 13.2 Å². The number of amides is 1. The number of hydrogen-bond acceptors (Lipinski definition) is 5. The molecule has 1 atom stereocenters. The van der Waals surface area contributed by atoms with Crippen molar-refractivity contribution in [2.24, 2.45) is 5.92 Å². The van der Waals surface area contributed by atoms with Crippen LogP contribution in [0, 0.1) is 5.92 Å². The summed E-state index contributed by atoms with van der Waals surface area (Å²) in [7, 11) is -3.52. The molecule has 2 aromatic carbocycles. The second-order valence-electron chi connectivity index (χ2n) is 8.79. The lowest BCUT2D eigenvalue weighted by molar-refractivity contribution is 0.0735. The van der Waals surface area contributed by atoms with Crippen molar-refractivity contribution in [1.82, 2.24) is 14.2 Å². The molecule has 1 aromatic heterocycles. The van der Waals surface area contributed by atoms with E-state index in [-0.39, 0.29) is 16.8 Å². The lowest BCUT2D eigenvalue weighted by atomic mass is 10.0. The average Bonchev–Trinajstić information content (AvgIpc) is 3.46. The van der Waals surface area contributed by atoms with E-state index in [1.165, 1.54) is 0 Å². The summed E-state index contributed by atoms with van der Waals surface area (Å²) in [5.74, 6) is 0.493. The number of nitrogens with zero attached hydrogens (tertiary/aromatic N) is 3. The SMILES string of the molecule is CC1CCN(S(=O)(=O)c2ccc(C(=O)N3CCCC3c3nc4ccccc4s3)cc2)CC1. The van der Waals surface area contributed by atoms with E-state index in [1.54, 1.807) is 39.9 Å². The average molecular weight is 470 g/mol. The number of rotatable bonds is 4. The fraction of sp³-hybridized carbons (Fsp3) is 0.417. The number of para-hydroxylation sites is 1. The molecule has 32 heavy (non-hydrogen) atoms. The van der Waals surface area contributed by atoms with Crippen molar-refractivity contribution in [3.8, 4) is 0 Å². The zero-order chi connectivity index (χ0) is 22.3. The van der Waals surface area contributed by atoms with Crippen LogP contribution in [0.25, 0.3) is 10.2 Å². The van der Waals surface area contributed by atoms with Crippen LogP contribution in [0.3, 0.4) is 0 Å². The largest absolute Gasteiger partial charge is 0.329 e. The Kier molecular flexibility index (Phi) is 5.77. The normalized spacial score (nSPS) is 20.8. The fourth-order valence-corrected chi connectivity index (χ4v) is 7.19. The summed E-state index contributed by atoms with van der Waals surface area (Å²) >= 11 is 1.64. The molecule has 6 nitrogen and oxygen atoms in total. The first-order chi connectivity index (χ1) is 15.4. The number of aromatic nitrogens is 1. The Labute approximate surface area is 192 Å². The van der Waals surface area contributed by atoms with E-state index in [0.717, 1.165) is 40.9 Å². The van der Waals surface area contributed by atoms with Crippen LogP contribution in [-0.4, -0.2) is 48.1 Å². The second-order valence-corrected chi connectivity index (χ2v) is 11.8. The third-order valence-corrected chi connectivity index (χ3v) is 9.64. The first-order valence-corrected chi connectivity index (χ1v) is 13.5. The van der Waals surface area contributed by atoms with Crippen LogP contribution in [0.1, 0.15) is 54.0 Å². The summed E-state index contributed by atoms with van der Waals surface area (Å²) in [6, 6.07) is 14.4. The molecule has 0 N–H and O–H groups in total. The molecule has 0 spiro atoms. The number of sulfonamides is 1. The van der Waals surface area contributed by atoms with Gasteiger partial charge in [0.05, 0.1) is 21.2 Å². The van der Waals surface area contributed by atoms with E-state index in [9.17, 15) is 13.2 Å². The maximum absolute atomic E-state index is 13.3. The van der Waals surface area contributed by atoms with Gasteiger partial charge in [0.25, 0.3) is 5.91 Å². The maximum atomic E-state index is 13.3. The van der Waals surface area contributed by atoms with Crippen molar-refractivity contribution in [1.29, 1.82) is 0 Å². The molecule has 0 saturated carbocycles. The molecule has 8 heteroatoms. The van der Waals surface area contributed by atoms with Crippen molar-refractivity contribution in [3.05, 3.63) is 59.1 Å². The van der Waals surface area contributed by atoms with Gasteiger partial charge in [0.2, 0.25) is 10.0 Å². The van der Waals surface area contributed by atoms with Crippen LogP contribution in [0.15, 0.2) is 53.4 Å². The van der Waals surface area contributed by atoms with E-state index in [2.05, 4.69) is 13.0 Å². The van der Waals surface area contributed by atoms with Gasteiger partial charge < -0.3 is 4.90 Å². The Morgan fingerprint density at radius 3 is 2.44 bits per heavy atom. The third-order valence-electron chi connectivity index (χ3n) is 6.59. The standard InChI is InChI=1S/C24H27N3O3S2/c1-17-12-15-26(16-13-17)32(29,30)19-10-8-18(9-11-19)24(28)27-14-4-6-21(27)23-25-20-5-2-3-7-22(20)31-23/h2-3,5,7-11,17,21H,4,6,12-16H2,1H3. The zero-order valence-electron chi connectivity index (χ0n) is 18.1. The maximum Gasteiger partial charge on any atom is 0.254 e. The Bertz CT molecular complexity index is 1200. The molecule has 2 saturated heterocycles. The van der Waals surface area contributed by atoms with Crippen molar-refractivity contribution >= 4 is 37.5 Å². The van der Waals surface area contributed by atoms with Gasteiger partial charge in [-0.25, -0.2) is 13.4 Å². The second kappa shape index (κ2) is 8.57. The lowest BCUT2D eigenvalue weighted by Crippen LogP contribution is -2.37. The molecule has 2 fully saturated rings. The summed E-state index contributed by atoms with van der Waals surface area (Å²) in [5, 5.41) is 0.968. The van der Waals surface area contributed by atoms with Crippen LogP contribution in [0.5, 0.6) is 0 Å². The molecule has 0 radical (unpaired) electrons. The third kappa shape index (κ3) is 3.95. The number of thiazole rings is 1. The highest BCUT2D eigenvalue weighted by molar-refractivity contribution is 7.89. The highest BCUT2D eigenvalue weighted by Gasteiger charge is 2.33. The van der Waals surface area contributed by atoms with Crippen LogP contribution in [0.4, 0.5) is 0 Å². The molecule has 2 aliphatic rings. The first kappa shape index (κ1) is 21.6. The smallest absolute Gasteiger partial charge is 0.254 e. The van der Waals surface area contributed by atoms with E-state index in [0.29, 0.717) is 31.1 Å².